The van der Waals surface area contributed by atoms with Gasteiger partial charge in [0.05, 0.1) is 13.2 Å². The predicted molar refractivity (Wildman–Crippen MR) is 145 cm³/mol. The maximum atomic E-state index is 11.9. The van der Waals surface area contributed by atoms with Crippen LogP contribution in [0.5, 0.6) is 5.75 Å². The molecule has 1 aliphatic rings. The minimum absolute atomic E-state index is 0. The Bertz CT molecular complexity index is 898. The maximum Gasteiger partial charge on any atom is 0.251 e. The van der Waals surface area contributed by atoms with E-state index in [9.17, 15) is 4.79 Å². The van der Waals surface area contributed by atoms with Gasteiger partial charge in [-0.1, -0.05) is 30.7 Å². The Morgan fingerprint density at radius 3 is 2.45 bits per heavy atom. The number of carbonyl (C=O) groups excluding carboxylic acids is 1. The lowest BCUT2D eigenvalue weighted by atomic mass is 10.0. The lowest BCUT2D eigenvalue weighted by molar-refractivity contribution is 0.0963. The van der Waals surface area contributed by atoms with Crippen molar-refractivity contribution in [1.82, 2.24) is 20.9 Å². The van der Waals surface area contributed by atoms with Crippen LogP contribution in [0.3, 0.4) is 0 Å². The van der Waals surface area contributed by atoms with Gasteiger partial charge in [0.2, 0.25) is 0 Å². The van der Waals surface area contributed by atoms with Crippen molar-refractivity contribution in [2.24, 2.45) is 4.99 Å². The lowest BCUT2D eigenvalue weighted by Crippen LogP contribution is -2.44. The summed E-state index contributed by atoms with van der Waals surface area (Å²) in [6.07, 6.45) is 3.78. The van der Waals surface area contributed by atoms with Gasteiger partial charge in [-0.15, -0.1) is 24.0 Å². The summed E-state index contributed by atoms with van der Waals surface area (Å²) in [5.74, 6) is 1.53. The highest BCUT2D eigenvalue weighted by atomic mass is 127. The van der Waals surface area contributed by atoms with E-state index in [0.717, 1.165) is 36.9 Å². The normalized spacial score (nSPS) is 15.2. The number of halogens is 1. The summed E-state index contributed by atoms with van der Waals surface area (Å²) in [7, 11) is 5.11. The highest BCUT2D eigenvalue weighted by molar-refractivity contribution is 14.0. The fourth-order valence-electron chi connectivity index (χ4n) is 4.08. The third kappa shape index (κ3) is 7.89. The fraction of sp³-hybridized carbons (Fsp3) is 0.440. The number of nitrogens with zero attached hydrogens (tertiary/aromatic N) is 2. The quantitative estimate of drug-likeness (QED) is 0.259. The second kappa shape index (κ2) is 14.0. The van der Waals surface area contributed by atoms with E-state index in [1.807, 2.05) is 36.4 Å². The third-order valence-electron chi connectivity index (χ3n) is 5.89. The smallest absolute Gasteiger partial charge is 0.251 e. The van der Waals surface area contributed by atoms with Crippen LogP contribution in [0.4, 0.5) is 0 Å². The van der Waals surface area contributed by atoms with Crippen LogP contribution >= 0.6 is 24.0 Å². The molecule has 1 fully saturated rings. The number of likely N-dealkylation sites (tertiary alicyclic amines) is 1. The van der Waals surface area contributed by atoms with Gasteiger partial charge in [-0.05, 0) is 61.3 Å². The molecule has 3 rings (SSSR count). The molecule has 1 atom stereocenters. The van der Waals surface area contributed by atoms with Crippen LogP contribution in [-0.4, -0.2) is 57.6 Å². The monoisotopic (exact) mass is 565 g/mol. The number of hydrogen-bond donors (Lipinski definition) is 3. The van der Waals surface area contributed by atoms with Crippen molar-refractivity contribution in [3.05, 3.63) is 65.2 Å². The van der Waals surface area contributed by atoms with Crippen LogP contribution in [-0.2, 0) is 6.54 Å². The highest BCUT2D eigenvalue weighted by Gasteiger charge is 2.22. The van der Waals surface area contributed by atoms with Crippen LogP contribution in [0.1, 0.15) is 46.8 Å². The molecule has 2 aromatic rings. The Kier molecular flexibility index (Phi) is 11.5. The molecule has 0 aliphatic carbocycles. The number of carbonyl (C=O) groups is 1. The van der Waals surface area contributed by atoms with Crippen molar-refractivity contribution in [3.63, 3.8) is 0 Å². The van der Waals surface area contributed by atoms with Gasteiger partial charge in [0.1, 0.15) is 5.75 Å². The zero-order valence-electron chi connectivity index (χ0n) is 19.8. The molecule has 1 heterocycles. The van der Waals surface area contributed by atoms with Crippen LogP contribution in [0.25, 0.3) is 0 Å². The van der Waals surface area contributed by atoms with Gasteiger partial charge in [-0.25, -0.2) is 0 Å². The van der Waals surface area contributed by atoms with Gasteiger partial charge in [-0.2, -0.15) is 0 Å². The molecule has 180 valence electrons. The zero-order valence-corrected chi connectivity index (χ0v) is 22.1. The van der Waals surface area contributed by atoms with E-state index in [1.165, 1.54) is 24.8 Å². The van der Waals surface area contributed by atoms with Crippen molar-refractivity contribution >= 4 is 35.8 Å². The molecule has 2 aromatic carbocycles. The largest absolute Gasteiger partial charge is 0.497 e. The summed E-state index contributed by atoms with van der Waals surface area (Å²) in [6.45, 7) is 3.55. The number of ether oxygens (including phenoxy) is 1. The number of rotatable bonds is 8. The molecule has 1 aliphatic heterocycles. The summed E-state index contributed by atoms with van der Waals surface area (Å²) >= 11 is 0. The van der Waals surface area contributed by atoms with Gasteiger partial charge >= 0.3 is 0 Å². The fourth-order valence-corrected chi connectivity index (χ4v) is 4.08. The Labute approximate surface area is 214 Å². The van der Waals surface area contributed by atoms with Crippen LogP contribution in [0.15, 0.2) is 53.5 Å². The number of amides is 1. The van der Waals surface area contributed by atoms with Gasteiger partial charge in [0, 0.05) is 32.7 Å². The van der Waals surface area contributed by atoms with Gasteiger partial charge in [0.15, 0.2) is 5.96 Å². The van der Waals surface area contributed by atoms with E-state index < -0.39 is 0 Å². The van der Waals surface area contributed by atoms with Gasteiger partial charge in [-0.3, -0.25) is 14.7 Å². The summed E-state index contributed by atoms with van der Waals surface area (Å²) in [4.78, 5) is 18.8. The lowest BCUT2D eigenvalue weighted by Gasteiger charge is -2.35. The molecule has 7 nitrogen and oxygen atoms in total. The van der Waals surface area contributed by atoms with Crippen LogP contribution in [0, 0.1) is 0 Å². The molecule has 33 heavy (non-hydrogen) atoms. The molecule has 1 amide bonds. The highest BCUT2D eigenvalue weighted by Crippen LogP contribution is 2.25. The Balaban J connectivity index is 0.00000385. The minimum Gasteiger partial charge on any atom is -0.497 e. The van der Waals surface area contributed by atoms with Crippen molar-refractivity contribution < 1.29 is 9.53 Å². The first-order valence-corrected chi connectivity index (χ1v) is 11.3. The number of methoxy groups -OCH3 is 1. The second-order valence-electron chi connectivity index (χ2n) is 7.97. The number of nitrogens with one attached hydrogen (secondary N) is 3. The number of guanidine groups is 1. The summed E-state index contributed by atoms with van der Waals surface area (Å²) in [6, 6.07) is 16.2. The molecule has 0 spiro atoms. The van der Waals surface area contributed by atoms with E-state index in [-0.39, 0.29) is 35.9 Å². The molecule has 8 heteroatoms. The van der Waals surface area contributed by atoms with Gasteiger partial charge < -0.3 is 20.7 Å². The van der Waals surface area contributed by atoms with Gasteiger partial charge in [0.25, 0.3) is 5.91 Å². The summed E-state index contributed by atoms with van der Waals surface area (Å²) < 4.78 is 5.33. The number of aliphatic imine (C=N–C) groups is 1. The zero-order chi connectivity index (χ0) is 22.8. The minimum atomic E-state index is -0.0850. The first kappa shape index (κ1) is 26.9. The molecular weight excluding hydrogens is 529 g/mol. The van der Waals surface area contributed by atoms with Crippen molar-refractivity contribution in [3.8, 4) is 5.75 Å². The molecule has 0 bridgehead atoms. The molecule has 1 saturated heterocycles. The predicted octanol–water partition coefficient (Wildman–Crippen LogP) is 3.57. The molecular formula is C25H36IN5O2. The van der Waals surface area contributed by atoms with Crippen LogP contribution in [0.2, 0.25) is 0 Å². The Morgan fingerprint density at radius 2 is 1.82 bits per heavy atom. The third-order valence-corrected chi connectivity index (χ3v) is 5.89. The average Bonchev–Trinajstić information content (AvgIpc) is 2.86. The van der Waals surface area contributed by atoms with E-state index in [4.69, 9.17) is 4.74 Å². The van der Waals surface area contributed by atoms with Crippen LogP contribution < -0.4 is 20.7 Å². The summed E-state index contributed by atoms with van der Waals surface area (Å²) in [5, 5.41) is 9.53. The number of benzene rings is 2. The topological polar surface area (TPSA) is 78.0 Å². The SMILES string of the molecule is CN=C(NCc1cccc(C(=O)NC)c1)NCC(c1ccc(OC)cc1)N1CCCCC1.I. The Morgan fingerprint density at radius 1 is 1.09 bits per heavy atom. The van der Waals surface area contributed by atoms with Crippen molar-refractivity contribution in [2.75, 3.05) is 40.8 Å². The van der Waals surface area contributed by atoms with E-state index in [1.54, 1.807) is 21.2 Å². The first-order valence-electron chi connectivity index (χ1n) is 11.3. The van der Waals surface area contributed by atoms with Crippen molar-refractivity contribution in [1.29, 1.82) is 0 Å². The Hall–Kier alpha value is -2.33. The number of piperidine rings is 1. The molecule has 0 radical (unpaired) electrons. The summed E-state index contributed by atoms with van der Waals surface area (Å²) in [5.41, 5.74) is 2.95. The van der Waals surface area contributed by atoms with E-state index >= 15 is 0 Å². The maximum absolute atomic E-state index is 11.9. The molecule has 3 N–H and O–H groups in total. The van der Waals surface area contributed by atoms with E-state index in [0.29, 0.717) is 12.1 Å². The molecule has 0 aromatic heterocycles. The first-order chi connectivity index (χ1) is 15.6. The van der Waals surface area contributed by atoms with Crippen molar-refractivity contribution in [2.45, 2.75) is 31.8 Å². The molecule has 1 unspecified atom stereocenters. The van der Waals surface area contributed by atoms with E-state index in [2.05, 4.69) is 38.0 Å². The number of hydrogen-bond acceptors (Lipinski definition) is 4. The average molecular weight is 566 g/mol. The second-order valence-corrected chi connectivity index (χ2v) is 7.97. The molecule has 0 saturated carbocycles. The standard InChI is InChI=1S/C25H35N5O2.HI/c1-26-24(31)21-9-7-8-19(16-21)17-28-25(27-2)29-18-23(30-14-5-4-6-15-30)20-10-12-22(32-3)13-11-20;/h7-13,16,23H,4-6,14-15,17-18H2,1-3H3,(H,26,31)(H2,27,28,29);1H.